The minimum absolute atomic E-state index is 0.310. The molecule has 0 aliphatic carbocycles. The third-order valence-electron chi connectivity index (χ3n) is 7.43. The van der Waals surface area contributed by atoms with Crippen molar-refractivity contribution < 1.29 is 8.78 Å². The fourth-order valence-corrected chi connectivity index (χ4v) is 5.33. The average Bonchev–Trinajstić information content (AvgIpc) is 3.37. The molecule has 0 spiro atoms. The van der Waals surface area contributed by atoms with Gasteiger partial charge in [0.2, 0.25) is 0 Å². The Hall–Kier alpha value is -4.51. The maximum absolute atomic E-state index is 14.0. The lowest BCUT2D eigenvalue weighted by molar-refractivity contribution is 0.334. The van der Waals surface area contributed by atoms with Gasteiger partial charge in [-0.25, -0.2) is 23.7 Å². The van der Waals surface area contributed by atoms with Crippen LogP contribution in [0.15, 0.2) is 67.4 Å². The molecule has 0 unspecified atom stereocenters. The van der Waals surface area contributed by atoms with E-state index in [1.165, 1.54) is 25.4 Å². The van der Waals surface area contributed by atoms with Crippen molar-refractivity contribution >= 4 is 22.7 Å². The van der Waals surface area contributed by atoms with Crippen LogP contribution in [0.3, 0.4) is 0 Å². The Labute approximate surface area is 229 Å². The molecule has 1 aliphatic rings. The van der Waals surface area contributed by atoms with E-state index in [9.17, 15) is 8.78 Å². The van der Waals surface area contributed by atoms with E-state index in [-0.39, 0.29) is 5.82 Å². The Kier molecular flexibility index (Phi) is 6.59. The highest BCUT2D eigenvalue weighted by Gasteiger charge is 2.36. The fourth-order valence-electron chi connectivity index (χ4n) is 5.33. The number of nitrogens with two attached hydrogens (primary N) is 2. The van der Waals surface area contributed by atoms with Crippen molar-refractivity contribution in [3.8, 4) is 11.3 Å². The molecule has 0 radical (unpaired) electrons. The standard InChI is InChI=1S/C29H29F2N9/c1-18(30)22-4-2-5-25(38-22)29(33)10-3-11-39(15-29)24-13-34-23(19-6-8-21(31)9-7-19)12-20(24)14-40-17-37-26-27(32)35-16-36-28(26)40/h2,4-9,12-13,16-18H,3,10-11,14-15,33H2,1H3,(H2,32,35,36)/t18-,29+/m0/s1. The van der Waals surface area contributed by atoms with E-state index in [2.05, 4.69) is 24.8 Å². The summed E-state index contributed by atoms with van der Waals surface area (Å²) in [7, 11) is 0. The van der Waals surface area contributed by atoms with Crippen LogP contribution in [0.4, 0.5) is 20.3 Å². The molecular weight excluding hydrogens is 512 g/mol. The quantitative estimate of drug-likeness (QED) is 0.321. The first-order valence-corrected chi connectivity index (χ1v) is 13.1. The number of aromatic nitrogens is 6. The molecule has 1 fully saturated rings. The number of alkyl halides is 1. The molecule has 5 heterocycles. The van der Waals surface area contributed by atoms with Crippen molar-refractivity contribution in [2.24, 2.45) is 5.73 Å². The number of piperidine rings is 1. The van der Waals surface area contributed by atoms with E-state index in [0.717, 1.165) is 36.2 Å². The van der Waals surface area contributed by atoms with E-state index in [1.807, 2.05) is 29.0 Å². The smallest absolute Gasteiger partial charge is 0.165 e. The number of fused-ring (bicyclic) bond motifs is 1. The Bertz CT molecular complexity index is 1670. The summed E-state index contributed by atoms with van der Waals surface area (Å²) in [5, 5.41) is 0. The summed E-state index contributed by atoms with van der Waals surface area (Å²) >= 11 is 0. The molecule has 5 aromatic rings. The van der Waals surface area contributed by atoms with Crippen LogP contribution < -0.4 is 16.4 Å². The van der Waals surface area contributed by atoms with Gasteiger partial charge in [-0.05, 0) is 67.8 Å². The Morgan fingerprint density at radius 1 is 1.07 bits per heavy atom. The number of benzene rings is 1. The first kappa shape index (κ1) is 25.8. The highest BCUT2D eigenvalue weighted by Crippen LogP contribution is 2.35. The second-order valence-corrected chi connectivity index (χ2v) is 10.3. The highest BCUT2D eigenvalue weighted by atomic mass is 19.1. The first-order valence-electron chi connectivity index (χ1n) is 13.1. The van der Waals surface area contributed by atoms with Crippen molar-refractivity contribution in [1.82, 2.24) is 29.5 Å². The predicted molar refractivity (Wildman–Crippen MR) is 150 cm³/mol. The molecule has 40 heavy (non-hydrogen) atoms. The normalized spacial score (nSPS) is 18.2. The molecule has 1 aromatic carbocycles. The van der Waals surface area contributed by atoms with Gasteiger partial charge in [-0.2, -0.15) is 0 Å². The monoisotopic (exact) mass is 541 g/mol. The van der Waals surface area contributed by atoms with Crippen LogP contribution in [-0.4, -0.2) is 42.6 Å². The first-order chi connectivity index (χ1) is 19.3. The largest absolute Gasteiger partial charge is 0.382 e. The van der Waals surface area contributed by atoms with Crippen molar-refractivity contribution in [2.75, 3.05) is 23.7 Å². The molecule has 6 rings (SSSR count). The van der Waals surface area contributed by atoms with E-state index in [1.54, 1.807) is 24.5 Å². The van der Waals surface area contributed by atoms with Gasteiger partial charge in [-0.1, -0.05) is 6.07 Å². The third-order valence-corrected chi connectivity index (χ3v) is 7.43. The number of pyridine rings is 2. The Morgan fingerprint density at radius 2 is 1.90 bits per heavy atom. The molecule has 204 valence electrons. The maximum Gasteiger partial charge on any atom is 0.165 e. The summed E-state index contributed by atoms with van der Waals surface area (Å²) < 4.78 is 29.6. The number of nitrogens with zero attached hydrogens (tertiary/aromatic N) is 7. The van der Waals surface area contributed by atoms with Crippen molar-refractivity contribution in [1.29, 1.82) is 0 Å². The van der Waals surface area contributed by atoms with Crippen LogP contribution in [-0.2, 0) is 12.1 Å². The van der Waals surface area contributed by atoms with Gasteiger partial charge in [-0.3, -0.25) is 9.97 Å². The second-order valence-electron chi connectivity index (χ2n) is 10.3. The lowest BCUT2D eigenvalue weighted by Gasteiger charge is -2.41. The van der Waals surface area contributed by atoms with Crippen molar-refractivity contribution in [3.63, 3.8) is 0 Å². The van der Waals surface area contributed by atoms with Gasteiger partial charge in [0.15, 0.2) is 11.5 Å². The predicted octanol–water partition coefficient (Wildman–Crippen LogP) is 4.54. The summed E-state index contributed by atoms with van der Waals surface area (Å²) in [4.78, 5) is 24.4. The lowest BCUT2D eigenvalue weighted by Crippen LogP contribution is -2.52. The van der Waals surface area contributed by atoms with Crippen LogP contribution >= 0.6 is 0 Å². The third kappa shape index (κ3) is 4.84. The number of rotatable bonds is 6. The van der Waals surface area contributed by atoms with Crippen LogP contribution in [0.2, 0.25) is 0 Å². The van der Waals surface area contributed by atoms with Gasteiger partial charge in [0, 0.05) is 18.7 Å². The lowest BCUT2D eigenvalue weighted by atomic mass is 9.85. The van der Waals surface area contributed by atoms with Crippen LogP contribution in [0, 0.1) is 5.82 Å². The number of nitrogen functional groups attached to an aromatic ring is 1. The maximum atomic E-state index is 14.0. The number of hydrogen-bond donors (Lipinski definition) is 2. The summed E-state index contributed by atoms with van der Waals surface area (Å²) in [6.07, 6.45) is 5.30. The SMILES string of the molecule is C[C@H](F)c1cccc([C@@]2(N)CCCN(c3cnc(-c4ccc(F)cc4)cc3Cn3cnc4c(N)ncnc43)C2)n1. The minimum atomic E-state index is -1.18. The summed E-state index contributed by atoms with van der Waals surface area (Å²) in [5.41, 5.74) is 17.8. The summed E-state index contributed by atoms with van der Waals surface area (Å²) in [5.74, 6) is 0.00200. The number of hydrogen-bond acceptors (Lipinski definition) is 8. The topological polar surface area (TPSA) is 125 Å². The zero-order chi connectivity index (χ0) is 27.9. The second kappa shape index (κ2) is 10.2. The Balaban J connectivity index is 1.40. The Morgan fingerprint density at radius 3 is 2.70 bits per heavy atom. The fraction of sp³-hybridized carbons (Fsp3) is 0.276. The molecule has 1 aliphatic heterocycles. The molecular formula is C29H29F2N9. The zero-order valence-electron chi connectivity index (χ0n) is 22.0. The molecule has 1 saturated heterocycles. The van der Waals surface area contributed by atoms with Crippen molar-refractivity contribution in [3.05, 3.63) is 90.2 Å². The number of anilines is 2. The van der Waals surface area contributed by atoms with Gasteiger partial charge in [0.05, 0.1) is 47.4 Å². The van der Waals surface area contributed by atoms with Gasteiger partial charge >= 0.3 is 0 Å². The summed E-state index contributed by atoms with van der Waals surface area (Å²) in [6, 6.07) is 13.6. The number of halogens is 2. The number of imidazole rings is 1. The van der Waals surface area contributed by atoms with Crippen molar-refractivity contribution in [2.45, 2.75) is 38.0 Å². The van der Waals surface area contributed by atoms with E-state index < -0.39 is 11.7 Å². The summed E-state index contributed by atoms with van der Waals surface area (Å²) in [6.45, 7) is 3.15. The molecule has 2 atom stereocenters. The molecule has 11 heteroatoms. The van der Waals surface area contributed by atoms with Gasteiger partial charge < -0.3 is 20.9 Å². The van der Waals surface area contributed by atoms with E-state index >= 15 is 0 Å². The highest BCUT2D eigenvalue weighted by molar-refractivity contribution is 5.81. The van der Waals surface area contributed by atoms with Gasteiger partial charge in [0.25, 0.3) is 0 Å². The van der Waals surface area contributed by atoms with E-state index in [4.69, 9.17) is 16.5 Å². The molecule has 0 saturated carbocycles. The minimum Gasteiger partial charge on any atom is -0.382 e. The zero-order valence-corrected chi connectivity index (χ0v) is 22.0. The molecule has 4 N–H and O–H groups in total. The molecule has 4 aromatic heterocycles. The molecule has 9 nitrogen and oxygen atoms in total. The van der Waals surface area contributed by atoms with E-state index in [0.29, 0.717) is 47.2 Å². The average molecular weight is 542 g/mol. The van der Waals surface area contributed by atoms with Crippen LogP contribution in [0.25, 0.3) is 22.4 Å². The van der Waals surface area contributed by atoms with Crippen LogP contribution in [0.1, 0.15) is 42.9 Å². The van der Waals surface area contributed by atoms with Crippen LogP contribution in [0.5, 0.6) is 0 Å². The van der Waals surface area contributed by atoms with Gasteiger partial charge in [0.1, 0.15) is 23.8 Å². The molecule has 0 amide bonds. The van der Waals surface area contributed by atoms with Gasteiger partial charge in [-0.15, -0.1) is 0 Å². The molecule has 0 bridgehead atoms.